The van der Waals surface area contributed by atoms with Crippen LogP contribution in [0.3, 0.4) is 0 Å². The molecule has 0 aliphatic carbocycles. The number of hydrogen-bond donors (Lipinski definition) is 1. The predicted molar refractivity (Wildman–Crippen MR) is 56.2 cm³/mol. The van der Waals surface area contributed by atoms with E-state index in [0.717, 1.165) is 32.2 Å². The molecule has 1 N–H and O–H groups in total. The van der Waals surface area contributed by atoms with Gasteiger partial charge < -0.3 is 5.11 Å². The zero-order valence-corrected chi connectivity index (χ0v) is 9.47. The maximum atomic E-state index is 12.0. The fraction of sp³-hybridized carbons (Fsp3) is 1.00. The number of halogens is 3. The van der Waals surface area contributed by atoms with E-state index >= 15 is 0 Å². The molecule has 0 radical (unpaired) electrons. The van der Waals surface area contributed by atoms with Gasteiger partial charge in [0, 0.05) is 12.5 Å². The molecular formula is C11H20F3NO. The number of rotatable bonds is 4. The molecule has 16 heavy (non-hydrogen) atoms. The maximum absolute atomic E-state index is 12.0. The summed E-state index contributed by atoms with van der Waals surface area (Å²) in [4.78, 5) is 2.01. The Hall–Kier alpha value is -0.290. The summed E-state index contributed by atoms with van der Waals surface area (Å²) in [6.07, 6.45) is -0.513. The fourth-order valence-electron chi connectivity index (χ4n) is 2.22. The molecule has 96 valence electrons. The first-order chi connectivity index (χ1) is 7.53. The van der Waals surface area contributed by atoms with Gasteiger partial charge in [0.05, 0.1) is 6.61 Å². The predicted octanol–water partition coefficient (Wildman–Crippen LogP) is 2.57. The fourth-order valence-corrected chi connectivity index (χ4v) is 2.22. The Bertz CT molecular complexity index is 196. The first-order valence-electron chi connectivity index (χ1n) is 5.94. The van der Waals surface area contributed by atoms with Crippen LogP contribution in [0.15, 0.2) is 0 Å². The number of nitrogens with zero attached hydrogens (tertiary/aromatic N) is 1. The van der Waals surface area contributed by atoms with E-state index in [0.29, 0.717) is 6.54 Å². The molecule has 1 rings (SSSR count). The summed E-state index contributed by atoms with van der Waals surface area (Å²) in [5.74, 6) is 0. The van der Waals surface area contributed by atoms with Gasteiger partial charge in [-0.1, -0.05) is 12.8 Å². The van der Waals surface area contributed by atoms with Gasteiger partial charge in [0.2, 0.25) is 0 Å². The van der Waals surface area contributed by atoms with Crippen molar-refractivity contribution < 1.29 is 18.3 Å². The molecule has 1 unspecified atom stereocenters. The van der Waals surface area contributed by atoms with Crippen molar-refractivity contribution >= 4 is 0 Å². The molecule has 0 aromatic carbocycles. The Balaban J connectivity index is 2.31. The van der Waals surface area contributed by atoms with Crippen molar-refractivity contribution in [3.8, 4) is 0 Å². The average molecular weight is 239 g/mol. The van der Waals surface area contributed by atoms with Crippen molar-refractivity contribution in [2.24, 2.45) is 0 Å². The molecule has 5 heteroatoms. The lowest BCUT2D eigenvalue weighted by Gasteiger charge is -2.28. The summed E-state index contributed by atoms with van der Waals surface area (Å²) >= 11 is 0. The molecule has 1 atom stereocenters. The van der Waals surface area contributed by atoms with Gasteiger partial charge in [-0.2, -0.15) is 13.2 Å². The number of aliphatic hydroxyl groups is 1. The third-order valence-corrected chi connectivity index (χ3v) is 3.12. The van der Waals surface area contributed by atoms with Crippen LogP contribution in [0, 0.1) is 0 Å². The second-order valence-corrected chi connectivity index (χ2v) is 4.44. The molecule has 1 heterocycles. The Morgan fingerprint density at radius 2 is 1.94 bits per heavy atom. The minimum Gasteiger partial charge on any atom is -0.395 e. The van der Waals surface area contributed by atoms with Gasteiger partial charge >= 0.3 is 6.18 Å². The average Bonchev–Trinajstić information content (AvgIpc) is 2.41. The summed E-state index contributed by atoms with van der Waals surface area (Å²) in [6, 6.07) is 0.0655. The van der Waals surface area contributed by atoms with E-state index in [9.17, 15) is 18.3 Å². The topological polar surface area (TPSA) is 23.5 Å². The van der Waals surface area contributed by atoms with Crippen LogP contribution in [0.2, 0.25) is 0 Å². The molecule has 0 amide bonds. The number of hydrogen-bond acceptors (Lipinski definition) is 2. The summed E-state index contributed by atoms with van der Waals surface area (Å²) in [5, 5.41) is 9.18. The van der Waals surface area contributed by atoms with Gasteiger partial charge in [0.1, 0.15) is 0 Å². The van der Waals surface area contributed by atoms with Crippen molar-refractivity contribution in [2.75, 3.05) is 19.7 Å². The minimum absolute atomic E-state index is 0.0615. The van der Waals surface area contributed by atoms with Crippen molar-refractivity contribution in [1.29, 1.82) is 0 Å². The van der Waals surface area contributed by atoms with Crippen molar-refractivity contribution in [1.82, 2.24) is 4.90 Å². The molecule has 0 spiro atoms. The molecule has 0 bridgehead atoms. The lowest BCUT2D eigenvalue weighted by Crippen LogP contribution is -2.38. The van der Waals surface area contributed by atoms with Gasteiger partial charge in [0.25, 0.3) is 0 Å². The SMILES string of the molecule is OCC1CCCCCN1CCCC(F)(F)F. The zero-order chi connectivity index (χ0) is 12.0. The standard InChI is InChI=1S/C11H20F3NO/c12-11(13,14)6-4-8-15-7-3-1-2-5-10(15)9-16/h10,16H,1-9H2. The van der Waals surface area contributed by atoms with Crippen LogP contribution < -0.4 is 0 Å². The van der Waals surface area contributed by atoms with Crippen LogP contribution >= 0.6 is 0 Å². The monoisotopic (exact) mass is 239 g/mol. The summed E-state index contributed by atoms with van der Waals surface area (Å²) in [7, 11) is 0. The highest BCUT2D eigenvalue weighted by Crippen LogP contribution is 2.23. The molecule has 1 aliphatic rings. The maximum Gasteiger partial charge on any atom is 0.389 e. The second-order valence-electron chi connectivity index (χ2n) is 4.44. The first-order valence-corrected chi connectivity index (χ1v) is 5.94. The molecule has 0 aromatic rings. The van der Waals surface area contributed by atoms with Crippen LogP contribution in [0.5, 0.6) is 0 Å². The van der Waals surface area contributed by atoms with Crippen LogP contribution in [0.1, 0.15) is 38.5 Å². The van der Waals surface area contributed by atoms with Crippen LogP contribution in [0.4, 0.5) is 13.2 Å². The van der Waals surface area contributed by atoms with E-state index in [2.05, 4.69) is 0 Å². The minimum atomic E-state index is -4.05. The highest BCUT2D eigenvalue weighted by molar-refractivity contribution is 4.74. The Morgan fingerprint density at radius 1 is 1.19 bits per heavy atom. The Morgan fingerprint density at radius 3 is 2.56 bits per heavy atom. The molecule has 1 aliphatic heterocycles. The van der Waals surface area contributed by atoms with E-state index in [1.54, 1.807) is 0 Å². The lowest BCUT2D eigenvalue weighted by molar-refractivity contribution is -0.136. The normalized spacial score (nSPS) is 24.4. The van der Waals surface area contributed by atoms with E-state index < -0.39 is 12.6 Å². The van der Waals surface area contributed by atoms with E-state index in [-0.39, 0.29) is 19.1 Å². The number of alkyl halides is 3. The summed E-state index contributed by atoms with van der Waals surface area (Å²) in [6.45, 7) is 1.33. The third-order valence-electron chi connectivity index (χ3n) is 3.12. The van der Waals surface area contributed by atoms with Gasteiger partial charge in [-0.3, -0.25) is 4.90 Å². The molecule has 1 fully saturated rings. The summed E-state index contributed by atoms with van der Waals surface area (Å²) < 4.78 is 36.0. The number of likely N-dealkylation sites (tertiary alicyclic amines) is 1. The quantitative estimate of drug-likeness (QED) is 0.815. The van der Waals surface area contributed by atoms with E-state index in [1.165, 1.54) is 0 Å². The highest BCUT2D eigenvalue weighted by Gasteiger charge is 2.27. The van der Waals surface area contributed by atoms with Gasteiger partial charge in [-0.15, -0.1) is 0 Å². The van der Waals surface area contributed by atoms with Gasteiger partial charge in [-0.25, -0.2) is 0 Å². The van der Waals surface area contributed by atoms with Crippen LogP contribution in [0.25, 0.3) is 0 Å². The molecular weight excluding hydrogens is 219 g/mol. The lowest BCUT2D eigenvalue weighted by atomic mass is 10.1. The van der Waals surface area contributed by atoms with Crippen molar-refractivity contribution in [2.45, 2.75) is 50.7 Å². The molecule has 2 nitrogen and oxygen atoms in total. The van der Waals surface area contributed by atoms with E-state index in [4.69, 9.17) is 0 Å². The number of aliphatic hydroxyl groups excluding tert-OH is 1. The van der Waals surface area contributed by atoms with E-state index in [1.807, 2.05) is 4.90 Å². The van der Waals surface area contributed by atoms with Gasteiger partial charge in [-0.05, 0) is 32.4 Å². The zero-order valence-electron chi connectivity index (χ0n) is 9.47. The first kappa shape index (κ1) is 13.8. The molecule has 1 saturated heterocycles. The van der Waals surface area contributed by atoms with Crippen molar-refractivity contribution in [3.05, 3.63) is 0 Å². The Kier molecular flexibility index (Phi) is 5.55. The third kappa shape index (κ3) is 5.16. The molecule has 0 aromatic heterocycles. The highest BCUT2D eigenvalue weighted by atomic mass is 19.4. The Labute approximate surface area is 94.4 Å². The van der Waals surface area contributed by atoms with Gasteiger partial charge in [0.15, 0.2) is 0 Å². The van der Waals surface area contributed by atoms with Crippen LogP contribution in [-0.4, -0.2) is 41.9 Å². The largest absolute Gasteiger partial charge is 0.395 e. The summed E-state index contributed by atoms with van der Waals surface area (Å²) in [5.41, 5.74) is 0. The smallest absolute Gasteiger partial charge is 0.389 e. The second kappa shape index (κ2) is 6.45. The van der Waals surface area contributed by atoms with Crippen molar-refractivity contribution in [3.63, 3.8) is 0 Å². The van der Waals surface area contributed by atoms with Crippen LogP contribution in [-0.2, 0) is 0 Å². The molecule has 0 saturated carbocycles.